The molecule has 2 amide bonds. The first-order chi connectivity index (χ1) is 14.2. The second-order valence-electron chi connectivity index (χ2n) is 7.62. The summed E-state index contributed by atoms with van der Waals surface area (Å²) in [6, 6.07) is 17.3. The van der Waals surface area contributed by atoms with Crippen LogP contribution in [0.25, 0.3) is 11.3 Å². The van der Waals surface area contributed by atoms with Gasteiger partial charge >= 0.3 is 0 Å². The molecular weight excluding hydrogens is 364 g/mol. The largest absolute Gasteiger partial charge is 0.328 e. The topological polar surface area (TPSA) is 67.2 Å². The Kier molecular flexibility index (Phi) is 4.39. The number of carbonyl (C=O) groups is 2. The third-order valence-corrected chi connectivity index (χ3v) is 5.73. The standard InChI is InChI=1S/C23H22N4O2/c28-22-13-17(15-27(22)19-5-2-1-3-6-19)23(29)25-18-10-8-16(9-11-18)20-14-24-21-7-4-12-26(20)21/h1-3,5-6,8-11,14,17H,4,7,12-13,15H2,(H,25,29). The summed E-state index contributed by atoms with van der Waals surface area (Å²) in [6.07, 6.45) is 4.34. The Hall–Kier alpha value is -3.41. The van der Waals surface area contributed by atoms with Gasteiger partial charge in [0, 0.05) is 37.3 Å². The van der Waals surface area contributed by atoms with E-state index in [0.717, 1.165) is 47.8 Å². The van der Waals surface area contributed by atoms with E-state index in [9.17, 15) is 9.59 Å². The van der Waals surface area contributed by atoms with E-state index in [2.05, 4.69) is 14.9 Å². The normalized spacial score (nSPS) is 18.1. The number of fused-ring (bicyclic) bond motifs is 1. The Bertz CT molecular complexity index is 1060. The van der Waals surface area contributed by atoms with Crippen molar-refractivity contribution in [2.24, 2.45) is 5.92 Å². The van der Waals surface area contributed by atoms with E-state index in [-0.39, 0.29) is 24.2 Å². The minimum atomic E-state index is -0.347. The maximum atomic E-state index is 12.7. The number of rotatable bonds is 4. The zero-order valence-corrected chi connectivity index (χ0v) is 16.0. The van der Waals surface area contributed by atoms with Crippen LogP contribution >= 0.6 is 0 Å². The highest BCUT2D eigenvalue weighted by Gasteiger charge is 2.35. The van der Waals surface area contributed by atoms with E-state index in [0.29, 0.717) is 6.54 Å². The van der Waals surface area contributed by atoms with E-state index in [4.69, 9.17) is 0 Å². The quantitative estimate of drug-likeness (QED) is 0.746. The molecule has 2 aliphatic heterocycles. The first-order valence-electron chi connectivity index (χ1n) is 10.00. The summed E-state index contributed by atoms with van der Waals surface area (Å²) < 4.78 is 2.26. The van der Waals surface area contributed by atoms with Gasteiger partial charge in [-0.05, 0) is 36.2 Å². The molecule has 3 aromatic rings. The molecule has 1 atom stereocenters. The van der Waals surface area contributed by atoms with Crippen LogP contribution < -0.4 is 10.2 Å². The summed E-state index contributed by atoms with van der Waals surface area (Å²) in [7, 11) is 0. The Morgan fingerprint density at radius 2 is 1.86 bits per heavy atom. The number of benzene rings is 2. The molecule has 6 heteroatoms. The molecule has 3 heterocycles. The minimum Gasteiger partial charge on any atom is -0.328 e. The van der Waals surface area contributed by atoms with E-state index in [1.807, 2.05) is 60.8 Å². The molecule has 1 fully saturated rings. The number of imidazole rings is 1. The van der Waals surface area contributed by atoms with Crippen molar-refractivity contribution in [3.8, 4) is 11.3 Å². The molecule has 6 nitrogen and oxygen atoms in total. The van der Waals surface area contributed by atoms with Crippen molar-refractivity contribution < 1.29 is 9.59 Å². The predicted octanol–water partition coefficient (Wildman–Crippen LogP) is 3.49. The van der Waals surface area contributed by atoms with E-state index in [1.54, 1.807) is 4.90 Å². The summed E-state index contributed by atoms with van der Waals surface area (Å²) in [5, 5.41) is 2.96. The van der Waals surface area contributed by atoms with Crippen molar-refractivity contribution in [1.29, 1.82) is 0 Å². The number of hydrogen-bond donors (Lipinski definition) is 1. The molecule has 29 heavy (non-hydrogen) atoms. The summed E-state index contributed by atoms with van der Waals surface area (Å²) in [4.78, 5) is 31.2. The summed E-state index contributed by atoms with van der Waals surface area (Å²) >= 11 is 0. The molecule has 1 saturated heterocycles. The third-order valence-electron chi connectivity index (χ3n) is 5.73. The van der Waals surface area contributed by atoms with E-state index >= 15 is 0 Å². The smallest absolute Gasteiger partial charge is 0.229 e. The van der Waals surface area contributed by atoms with Gasteiger partial charge in [-0.15, -0.1) is 0 Å². The molecule has 0 radical (unpaired) electrons. The lowest BCUT2D eigenvalue weighted by Crippen LogP contribution is -2.28. The van der Waals surface area contributed by atoms with Gasteiger partial charge in [0.2, 0.25) is 11.8 Å². The maximum absolute atomic E-state index is 12.7. The fourth-order valence-corrected chi connectivity index (χ4v) is 4.20. The van der Waals surface area contributed by atoms with Crippen LogP contribution in [0, 0.1) is 5.92 Å². The number of aromatic nitrogens is 2. The third kappa shape index (κ3) is 3.31. The van der Waals surface area contributed by atoms with Gasteiger partial charge in [0.15, 0.2) is 0 Å². The van der Waals surface area contributed by atoms with Crippen molar-refractivity contribution >= 4 is 23.2 Å². The molecule has 1 unspecified atom stereocenters. The van der Waals surface area contributed by atoms with Crippen molar-refractivity contribution in [2.45, 2.75) is 25.8 Å². The van der Waals surface area contributed by atoms with E-state index in [1.165, 1.54) is 0 Å². The number of nitrogens with zero attached hydrogens (tertiary/aromatic N) is 3. The Balaban J connectivity index is 1.26. The molecule has 2 aromatic carbocycles. The first kappa shape index (κ1) is 17.7. The van der Waals surface area contributed by atoms with Crippen LogP contribution in [0.3, 0.4) is 0 Å². The maximum Gasteiger partial charge on any atom is 0.229 e. The minimum absolute atomic E-state index is 0.0127. The fraction of sp³-hybridized carbons (Fsp3) is 0.261. The monoisotopic (exact) mass is 386 g/mol. The zero-order valence-electron chi connectivity index (χ0n) is 16.0. The number of anilines is 2. The molecule has 0 spiro atoms. The van der Waals surface area contributed by atoms with Gasteiger partial charge in [-0.3, -0.25) is 9.59 Å². The molecule has 1 N–H and O–H groups in total. The van der Waals surface area contributed by atoms with Crippen LogP contribution in [-0.2, 0) is 22.6 Å². The highest BCUT2D eigenvalue weighted by molar-refractivity contribution is 6.03. The highest BCUT2D eigenvalue weighted by Crippen LogP contribution is 2.28. The van der Waals surface area contributed by atoms with Crippen molar-refractivity contribution in [1.82, 2.24) is 9.55 Å². The van der Waals surface area contributed by atoms with Gasteiger partial charge < -0.3 is 14.8 Å². The van der Waals surface area contributed by atoms with Crippen LogP contribution in [0.1, 0.15) is 18.7 Å². The molecule has 146 valence electrons. The lowest BCUT2D eigenvalue weighted by molar-refractivity contribution is -0.122. The van der Waals surface area contributed by atoms with Gasteiger partial charge in [0.25, 0.3) is 0 Å². The lowest BCUT2D eigenvalue weighted by Gasteiger charge is -2.16. The van der Waals surface area contributed by atoms with Gasteiger partial charge in [-0.1, -0.05) is 30.3 Å². The van der Waals surface area contributed by atoms with Crippen LogP contribution in [0.4, 0.5) is 11.4 Å². The number of hydrogen-bond acceptors (Lipinski definition) is 3. The Morgan fingerprint density at radius 1 is 1.07 bits per heavy atom. The summed E-state index contributed by atoms with van der Waals surface area (Å²) in [5.41, 5.74) is 3.79. The number of amides is 2. The Labute approximate surface area is 169 Å². The summed E-state index contributed by atoms with van der Waals surface area (Å²) in [6.45, 7) is 1.42. The molecule has 5 rings (SSSR count). The molecule has 0 aliphatic carbocycles. The van der Waals surface area contributed by atoms with Crippen LogP contribution in [0.2, 0.25) is 0 Å². The SMILES string of the molecule is O=C(Nc1ccc(-c2cnc3n2CCC3)cc1)C1CC(=O)N(c2ccccc2)C1. The lowest BCUT2D eigenvalue weighted by atomic mass is 10.1. The van der Waals surface area contributed by atoms with E-state index < -0.39 is 0 Å². The van der Waals surface area contributed by atoms with Crippen LogP contribution in [0.15, 0.2) is 60.8 Å². The fourth-order valence-electron chi connectivity index (χ4n) is 4.20. The zero-order chi connectivity index (χ0) is 19.8. The molecule has 0 bridgehead atoms. The van der Waals surface area contributed by atoms with Gasteiger partial charge in [-0.25, -0.2) is 4.98 Å². The predicted molar refractivity (Wildman–Crippen MR) is 112 cm³/mol. The second kappa shape index (κ2) is 7.20. The number of nitrogens with one attached hydrogen (secondary N) is 1. The van der Waals surface area contributed by atoms with Gasteiger partial charge in [0.1, 0.15) is 5.82 Å². The highest BCUT2D eigenvalue weighted by atomic mass is 16.2. The second-order valence-corrected chi connectivity index (χ2v) is 7.62. The van der Waals surface area contributed by atoms with Crippen molar-refractivity contribution in [3.63, 3.8) is 0 Å². The molecular formula is C23H22N4O2. The molecule has 1 aromatic heterocycles. The van der Waals surface area contributed by atoms with Crippen molar-refractivity contribution in [3.05, 3.63) is 66.6 Å². The average molecular weight is 386 g/mol. The van der Waals surface area contributed by atoms with Crippen molar-refractivity contribution in [2.75, 3.05) is 16.8 Å². The van der Waals surface area contributed by atoms with Crippen LogP contribution in [-0.4, -0.2) is 27.9 Å². The Morgan fingerprint density at radius 3 is 2.66 bits per heavy atom. The number of carbonyl (C=O) groups excluding carboxylic acids is 2. The number of aryl methyl sites for hydroxylation is 1. The number of para-hydroxylation sites is 1. The van der Waals surface area contributed by atoms with Crippen LogP contribution in [0.5, 0.6) is 0 Å². The average Bonchev–Trinajstić information content (AvgIpc) is 3.45. The first-order valence-corrected chi connectivity index (χ1v) is 10.00. The summed E-state index contributed by atoms with van der Waals surface area (Å²) in [5.74, 6) is 0.669. The molecule has 2 aliphatic rings. The van der Waals surface area contributed by atoms with Gasteiger partial charge in [-0.2, -0.15) is 0 Å². The molecule has 0 saturated carbocycles. The van der Waals surface area contributed by atoms with Gasteiger partial charge in [0.05, 0.1) is 17.8 Å².